The molecule has 184 valence electrons. The number of carbonyl (C=O) groups is 1. The van der Waals surface area contributed by atoms with Gasteiger partial charge in [-0.25, -0.2) is 4.39 Å². The summed E-state index contributed by atoms with van der Waals surface area (Å²) in [5, 5.41) is 11.1. The second kappa shape index (κ2) is 8.19. The van der Waals surface area contributed by atoms with E-state index in [9.17, 15) is 22.4 Å². The zero-order chi connectivity index (χ0) is 24.1. The molecule has 1 aliphatic heterocycles. The fourth-order valence-corrected chi connectivity index (χ4v) is 4.99. The van der Waals surface area contributed by atoms with Crippen LogP contribution in [0.25, 0.3) is 0 Å². The van der Waals surface area contributed by atoms with Crippen LogP contribution in [0.15, 0.2) is 28.7 Å². The average molecular weight is 485 g/mol. The number of rotatable bonds is 7. The van der Waals surface area contributed by atoms with E-state index in [1.54, 1.807) is 0 Å². The number of benzene rings is 1. The minimum absolute atomic E-state index is 0.151. The van der Waals surface area contributed by atoms with Gasteiger partial charge in [-0.05, 0) is 49.9 Å². The summed E-state index contributed by atoms with van der Waals surface area (Å²) in [7, 11) is 0. The molecule has 34 heavy (non-hydrogen) atoms. The van der Waals surface area contributed by atoms with E-state index in [0.29, 0.717) is 12.2 Å². The first kappa shape index (κ1) is 23.0. The number of ether oxygens (including phenoxy) is 3. The number of halogens is 4. The van der Waals surface area contributed by atoms with E-state index in [-0.39, 0.29) is 49.7 Å². The van der Waals surface area contributed by atoms with Gasteiger partial charge in [-0.2, -0.15) is 0 Å². The summed E-state index contributed by atoms with van der Waals surface area (Å²) in [6, 6.07) is 5.37. The van der Waals surface area contributed by atoms with Crippen molar-refractivity contribution in [2.24, 2.45) is 5.41 Å². The summed E-state index contributed by atoms with van der Waals surface area (Å²) >= 11 is 0. The number of hydrogen-bond donors (Lipinski definition) is 1. The van der Waals surface area contributed by atoms with Crippen LogP contribution in [-0.4, -0.2) is 47.3 Å². The van der Waals surface area contributed by atoms with Crippen molar-refractivity contribution in [3.8, 4) is 5.75 Å². The van der Waals surface area contributed by atoms with Crippen LogP contribution < -0.4 is 10.1 Å². The first-order valence-corrected chi connectivity index (χ1v) is 11.0. The summed E-state index contributed by atoms with van der Waals surface area (Å²) in [6.07, 6.45) is -4.38. The van der Waals surface area contributed by atoms with Crippen LogP contribution in [0, 0.1) is 11.2 Å². The molecule has 3 atom stereocenters. The molecular formula is C22H23F4N3O5. The molecule has 1 unspecified atom stereocenters. The molecule has 1 aromatic carbocycles. The highest BCUT2D eigenvalue weighted by molar-refractivity contribution is 5.79. The van der Waals surface area contributed by atoms with Crippen molar-refractivity contribution in [2.45, 2.75) is 62.6 Å². The Kier molecular flexibility index (Phi) is 5.55. The van der Waals surface area contributed by atoms with Crippen molar-refractivity contribution >= 4 is 5.91 Å². The van der Waals surface area contributed by atoms with Gasteiger partial charge < -0.3 is 19.2 Å². The molecule has 3 fully saturated rings. The van der Waals surface area contributed by atoms with Gasteiger partial charge in [-0.15, -0.1) is 23.4 Å². The summed E-state index contributed by atoms with van der Waals surface area (Å²) < 4.78 is 71.2. The first-order chi connectivity index (χ1) is 16.1. The molecule has 1 aromatic heterocycles. The lowest BCUT2D eigenvalue weighted by Crippen LogP contribution is -2.66. The molecule has 0 radical (unpaired) electrons. The average Bonchev–Trinajstić information content (AvgIpc) is 3.28. The monoisotopic (exact) mass is 485 g/mol. The van der Waals surface area contributed by atoms with Gasteiger partial charge in [0.05, 0.1) is 18.2 Å². The lowest BCUT2D eigenvalue weighted by molar-refractivity contribution is -0.352. The number of fused-ring (bicyclic) bond motifs is 1. The summed E-state index contributed by atoms with van der Waals surface area (Å²) in [5.74, 6) is -0.142. The first-order valence-electron chi connectivity index (χ1n) is 11.0. The summed E-state index contributed by atoms with van der Waals surface area (Å²) in [5.41, 5.74) is -1.12. The Morgan fingerprint density at radius 1 is 1.18 bits per heavy atom. The minimum Gasteiger partial charge on any atom is -0.484 e. The molecule has 5 rings (SSSR count). The highest BCUT2D eigenvalue weighted by Crippen LogP contribution is 2.62. The van der Waals surface area contributed by atoms with Crippen molar-refractivity contribution in [1.82, 2.24) is 15.5 Å². The van der Waals surface area contributed by atoms with Crippen molar-refractivity contribution in [3.63, 3.8) is 0 Å². The lowest BCUT2D eigenvalue weighted by atomic mass is 9.54. The molecule has 0 spiro atoms. The van der Waals surface area contributed by atoms with Crippen LogP contribution in [0.4, 0.5) is 17.6 Å². The number of hydrogen-bond acceptors (Lipinski definition) is 7. The SMILES string of the molecule is C[C@@]12CCC1(NC(=O)COc1ccc(F)cc1)CO[C@H]2c1nnc(C2CC(OC(F)(F)F)C2)o1. The van der Waals surface area contributed by atoms with Crippen LogP contribution in [-0.2, 0) is 14.3 Å². The Morgan fingerprint density at radius 2 is 1.88 bits per heavy atom. The number of aromatic nitrogens is 2. The third kappa shape index (κ3) is 4.13. The second-order valence-electron chi connectivity index (χ2n) is 9.31. The molecule has 8 nitrogen and oxygen atoms in total. The van der Waals surface area contributed by atoms with Crippen LogP contribution in [0.5, 0.6) is 5.75 Å². The quantitative estimate of drug-likeness (QED) is 0.596. The predicted octanol–water partition coefficient (Wildman–Crippen LogP) is 3.80. The standard InChI is InChI=1S/C22H23F4N3O5/c1-20-6-7-21(20,27-16(30)10-31-14-4-2-13(23)3-5-14)11-32-17(20)19-29-28-18(33-19)12-8-15(9-12)34-22(24,25)26/h2-5,12,15,17H,6-11H2,1H3,(H,27,30)/t12?,15?,17-,20-,21?/m0/s1. The van der Waals surface area contributed by atoms with Gasteiger partial charge in [0.2, 0.25) is 11.8 Å². The highest BCUT2D eigenvalue weighted by atomic mass is 19.4. The molecule has 2 saturated carbocycles. The third-order valence-corrected chi connectivity index (χ3v) is 7.23. The maximum Gasteiger partial charge on any atom is 0.522 e. The summed E-state index contributed by atoms with van der Waals surface area (Å²) in [4.78, 5) is 12.6. The normalized spacial score (nSPS) is 32.4. The van der Waals surface area contributed by atoms with Crippen molar-refractivity contribution in [2.75, 3.05) is 13.2 Å². The Balaban J connectivity index is 1.18. The van der Waals surface area contributed by atoms with E-state index in [0.717, 1.165) is 6.42 Å². The van der Waals surface area contributed by atoms with E-state index in [1.807, 2.05) is 6.92 Å². The van der Waals surface area contributed by atoms with Gasteiger partial charge >= 0.3 is 6.36 Å². The van der Waals surface area contributed by atoms with Gasteiger partial charge in [0.25, 0.3) is 5.91 Å². The maximum atomic E-state index is 13.0. The molecule has 2 heterocycles. The van der Waals surface area contributed by atoms with E-state index in [4.69, 9.17) is 13.9 Å². The number of alkyl halides is 3. The molecule has 0 bridgehead atoms. The maximum absolute atomic E-state index is 13.0. The predicted molar refractivity (Wildman–Crippen MR) is 106 cm³/mol. The van der Waals surface area contributed by atoms with Crippen molar-refractivity contribution < 1.29 is 41.0 Å². The number of nitrogens with one attached hydrogen (secondary N) is 1. The van der Waals surface area contributed by atoms with Crippen LogP contribution in [0.1, 0.15) is 56.4 Å². The van der Waals surface area contributed by atoms with Crippen molar-refractivity contribution in [1.29, 1.82) is 0 Å². The van der Waals surface area contributed by atoms with Gasteiger partial charge in [0.15, 0.2) is 6.61 Å². The van der Waals surface area contributed by atoms with E-state index in [2.05, 4.69) is 20.3 Å². The topological polar surface area (TPSA) is 95.7 Å². The second-order valence-corrected chi connectivity index (χ2v) is 9.31. The molecule has 2 aromatic rings. The molecule has 1 saturated heterocycles. The van der Waals surface area contributed by atoms with Gasteiger partial charge in [0.1, 0.15) is 17.7 Å². The van der Waals surface area contributed by atoms with Gasteiger partial charge in [0, 0.05) is 11.3 Å². The molecule has 2 aliphatic carbocycles. The molecule has 1 amide bonds. The Labute approximate surface area is 191 Å². The Bertz CT molecular complexity index is 1060. The van der Waals surface area contributed by atoms with E-state index in [1.165, 1.54) is 24.3 Å². The number of nitrogens with zero attached hydrogens (tertiary/aromatic N) is 2. The molecule has 1 N–H and O–H groups in total. The van der Waals surface area contributed by atoms with Crippen LogP contribution >= 0.6 is 0 Å². The van der Waals surface area contributed by atoms with Crippen LogP contribution in [0.2, 0.25) is 0 Å². The highest BCUT2D eigenvalue weighted by Gasteiger charge is 2.67. The van der Waals surface area contributed by atoms with E-state index >= 15 is 0 Å². The zero-order valence-corrected chi connectivity index (χ0v) is 18.2. The Hall–Kier alpha value is -2.73. The van der Waals surface area contributed by atoms with Gasteiger partial charge in [-0.3, -0.25) is 9.53 Å². The smallest absolute Gasteiger partial charge is 0.484 e. The van der Waals surface area contributed by atoms with E-state index < -0.39 is 35.3 Å². The number of carbonyl (C=O) groups excluding carboxylic acids is 1. The molecule has 12 heteroatoms. The summed E-state index contributed by atoms with van der Waals surface area (Å²) in [6.45, 7) is 1.98. The third-order valence-electron chi connectivity index (χ3n) is 7.23. The largest absolute Gasteiger partial charge is 0.522 e. The molecular weight excluding hydrogens is 462 g/mol. The molecule has 3 aliphatic rings. The number of amides is 1. The Morgan fingerprint density at radius 3 is 2.53 bits per heavy atom. The fourth-order valence-electron chi connectivity index (χ4n) is 4.99. The zero-order valence-electron chi connectivity index (χ0n) is 18.2. The fraction of sp³-hybridized carbons (Fsp3) is 0.591. The minimum atomic E-state index is -4.66. The van der Waals surface area contributed by atoms with Crippen LogP contribution in [0.3, 0.4) is 0 Å². The lowest BCUT2D eigenvalue weighted by Gasteiger charge is -2.53. The van der Waals surface area contributed by atoms with Crippen molar-refractivity contribution in [3.05, 3.63) is 41.9 Å². The van der Waals surface area contributed by atoms with Gasteiger partial charge in [-0.1, -0.05) is 6.92 Å².